The first-order chi connectivity index (χ1) is 14.0. The molecule has 2 saturated heterocycles. The van der Waals surface area contributed by atoms with Crippen molar-refractivity contribution in [2.24, 2.45) is 0 Å². The Labute approximate surface area is 172 Å². The number of nitrogens with zero attached hydrogens (tertiary/aromatic N) is 3. The van der Waals surface area contributed by atoms with Crippen LogP contribution in [0, 0.1) is 0 Å². The van der Waals surface area contributed by atoms with Crippen LogP contribution in [-0.2, 0) is 14.3 Å². The van der Waals surface area contributed by atoms with E-state index in [1.165, 1.54) is 12.8 Å². The lowest BCUT2D eigenvalue weighted by Gasteiger charge is -2.39. The monoisotopic (exact) mass is 407 g/mol. The molecule has 3 rings (SSSR count). The fraction of sp³-hybridized carbons (Fsp3) is 0.667. The first-order valence-electron chi connectivity index (χ1n) is 10.2. The van der Waals surface area contributed by atoms with Crippen LogP contribution in [0.15, 0.2) is 24.3 Å². The average molecular weight is 408 g/mol. The van der Waals surface area contributed by atoms with Gasteiger partial charge in [0.1, 0.15) is 5.75 Å². The second-order valence-electron chi connectivity index (χ2n) is 7.82. The number of piperazine rings is 1. The SMILES string of the molecule is COC(=O)[C@H]1CN(C[C@@H](O)CN2CCN(c3ccc(OC)cc3)CC2)C[C@@H](C)O1. The zero-order chi connectivity index (χ0) is 20.8. The highest BCUT2D eigenvalue weighted by Crippen LogP contribution is 2.20. The van der Waals surface area contributed by atoms with E-state index in [1.807, 2.05) is 19.1 Å². The Kier molecular flexibility index (Phi) is 7.71. The summed E-state index contributed by atoms with van der Waals surface area (Å²) >= 11 is 0. The minimum absolute atomic E-state index is 0.0620. The van der Waals surface area contributed by atoms with E-state index < -0.39 is 12.2 Å². The third-order valence-corrected chi connectivity index (χ3v) is 5.55. The second-order valence-corrected chi connectivity index (χ2v) is 7.82. The number of ether oxygens (including phenoxy) is 3. The zero-order valence-corrected chi connectivity index (χ0v) is 17.6. The Morgan fingerprint density at radius 3 is 2.38 bits per heavy atom. The molecule has 2 aliphatic rings. The van der Waals surface area contributed by atoms with Crippen LogP contribution in [0.25, 0.3) is 0 Å². The highest BCUT2D eigenvalue weighted by molar-refractivity contribution is 5.75. The number of hydrogen-bond acceptors (Lipinski definition) is 8. The van der Waals surface area contributed by atoms with Crippen molar-refractivity contribution >= 4 is 11.7 Å². The highest BCUT2D eigenvalue weighted by atomic mass is 16.6. The minimum Gasteiger partial charge on any atom is -0.497 e. The summed E-state index contributed by atoms with van der Waals surface area (Å²) in [6.45, 7) is 7.93. The summed E-state index contributed by atoms with van der Waals surface area (Å²) in [5.74, 6) is 0.507. The number of methoxy groups -OCH3 is 2. The molecule has 3 atom stereocenters. The predicted molar refractivity (Wildman–Crippen MR) is 110 cm³/mol. The number of β-amino-alcohol motifs (C(OH)–C–C–N with tert-alkyl or cyclic N) is 1. The lowest BCUT2D eigenvalue weighted by Crippen LogP contribution is -2.54. The number of morpholine rings is 1. The lowest BCUT2D eigenvalue weighted by molar-refractivity contribution is -0.167. The van der Waals surface area contributed by atoms with E-state index in [2.05, 4.69) is 26.8 Å². The second kappa shape index (κ2) is 10.2. The van der Waals surface area contributed by atoms with Gasteiger partial charge in [-0.1, -0.05) is 0 Å². The van der Waals surface area contributed by atoms with Crippen LogP contribution < -0.4 is 9.64 Å². The van der Waals surface area contributed by atoms with Crippen molar-refractivity contribution < 1.29 is 24.1 Å². The molecule has 0 spiro atoms. The van der Waals surface area contributed by atoms with Crippen molar-refractivity contribution in [1.29, 1.82) is 0 Å². The number of benzene rings is 1. The molecule has 0 radical (unpaired) electrons. The molecule has 8 heteroatoms. The number of esters is 1. The number of carbonyl (C=O) groups excluding carboxylic acids is 1. The molecule has 1 N–H and O–H groups in total. The van der Waals surface area contributed by atoms with Crippen LogP contribution in [0.4, 0.5) is 5.69 Å². The largest absolute Gasteiger partial charge is 0.497 e. The van der Waals surface area contributed by atoms with Crippen molar-refractivity contribution in [3.8, 4) is 5.75 Å². The molecule has 162 valence electrons. The number of aliphatic hydroxyl groups is 1. The number of anilines is 1. The molecule has 0 saturated carbocycles. The van der Waals surface area contributed by atoms with Crippen molar-refractivity contribution in [2.75, 3.05) is 71.5 Å². The Morgan fingerprint density at radius 2 is 1.76 bits per heavy atom. The summed E-state index contributed by atoms with van der Waals surface area (Å²) in [7, 11) is 3.04. The quantitative estimate of drug-likeness (QED) is 0.653. The first-order valence-corrected chi connectivity index (χ1v) is 10.2. The maximum absolute atomic E-state index is 11.8. The Hall–Kier alpha value is -1.87. The summed E-state index contributed by atoms with van der Waals surface area (Å²) in [5.41, 5.74) is 1.20. The molecular formula is C21H33N3O5. The van der Waals surface area contributed by atoms with Crippen molar-refractivity contribution in [3.63, 3.8) is 0 Å². The van der Waals surface area contributed by atoms with Crippen LogP contribution in [0.3, 0.4) is 0 Å². The van der Waals surface area contributed by atoms with E-state index in [1.54, 1.807) is 7.11 Å². The maximum atomic E-state index is 11.8. The van der Waals surface area contributed by atoms with Gasteiger partial charge >= 0.3 is 5.97 Å². The van der Waals surface area contributed by atoms with Gasteiger partial charge < -0.3 is 24.2 Å². The Morgan fingerprint density at radius 1 is 1.10 bits per heavy atom. The van der Waals surface area contributed by atoms with Crippen LogP contribution >= 0.6 is 0 Å². The summed E-state index contributed by atoms with van der Waals surface area (Å²) in [6, 6.07) is 8.13. The normalized spacial score (nSPS) is 24.9. The van der Waals surface area contributed by atoms with Gasteiger partial charge in [0.25, 0.3) is 0 Å². The molecule has 0 unspecified atom stereocenters. The van der Waals surface area contributed by atoms with Gasteiger partial charge in [-0.15, -0.1) is 0 Å². The summed E-state index contributed by atoms with van der Waals surface area (Å²) in [4.78, 5) is 18.5. The fourth-order valence-electron chi connectivity index (χ4n) is 4.09. The van der Waals surface area contributed by atoms with Crippen LogP contribution in [0.5, 0.6) is 5.75 Å². The standard InChI is InChI=1S/C21H33N3O5/c1-16-12-23(15-20(29-16)21(26)28-3)14-18(25)13-22-8-10-24(11-9-22)17-4-6-19(27-2)7-5-17/h4-7,16,18,20,25H,8-15H2,1-3H3/t16-,18+,20-/m1/s1. The van der Waals surface area contributed by atoms with Gasteiger partial charge in [-0.3, -0.25) is 9.80 Å². The first kappa shape index (κ1) is 21.8. The lowest BCUT2D eigenvalue weighted by atomic mass is 10.2. The van der Waals surface area contributed by atoms with Crippen LogP contribution in [-0.4, -0.2) is 106 Å². The predicted octanol–water partition coefficient (Wildman–Crippen LogP) is 0.440. The summed E-state index contributed by atoms with van der Waals surface area (Å²) < 4.78 is 15.7. The summed E-state index contributed by atoms with van der Waals surface area (Å²) in [6.07, 6.45) is -1.11. The van der Waals surface area contributed by atoms with Gasteiger partial charge in [0.2, 0.25) is 0 Å². The molecule has 2 heterocycles. The molecule has 8 nitrogen and oxygen atoms in total. The van der Waals surface area contributed by atoms with Crippen molar-refractivity contribution in [2.45, 2.75) is 25.2 Å². The van der Waals surface area contributed by atoms with Crippen molar-refractivity contribution in [3.05, 3.63) is 24.3 Å². The zero-order valence-electron chi connectivity index (χ0n) is 17.6. The topological polar surface area (TPSA) is 74.7 Å². The fourth-order valence-corrected chi connectivity index (χ4v) is 4.09. The average Bonchev–Trinajstić information content (AvgIpc) is 2.73. The Balaban J connectivity index is 1.43. The van der Waals surface area contributed by atoms with E-state index >= 15 is 0 Å². The molecular weight excluding hydrogens is 374 g/mol. The molecule has 1 aromatic carbocycles. The molecule has 29 heavy (non-hydrogen) atoms. The van der Waals surface area contributed by atoms with Gasteiger partial charge in [-0.25, -0.2) is 4.79 Å². The van der Waals surface area contributed by atoms with Gasteiger partial charge in [-0.05, 0) is 31.2 Å². The molecule has 1 aromatic rings. The van der Waals surface area contributed by atoms with Gasteiger partial charge in [-0.2, -0.15) is 0 Å². The number of aliphatic hydroxyl groups excluding tert-OH is 1. The summed E-state index contributed by atoms with van der Waals surface area (Å²) in [5, 5.41) is 10.6. The molecule has 0 aliphatic carbocycles. The smallest absolute Gasteiger partial charge is 0.336 e. The van der Waals surface area contributed by atoms with Gasteiger partial charge in [0, 0.05) is 58.0 Å². The highest BCUT2D eigenvalue weighted by Gasteiger charge is 2.32. The number of carbonyl (C=O) groups is 1. The van der Waals surface area contributed by atoms with E-state index in [-0.39, 0.29) is 12.1 Å². The maximum Gasteiger partial charge on any atom is 0.336 e. The van der Waals surface area contributed by atoms with Crippen LogP contribution in [0.2, 0.25) is 0 Å². The molecule has 0 amide bonds. The number of rotatable bonds is 7. The van der Waals surface area contributed by atoms with Crippen LogP contribution in [0.1, 0.15) is 6.92 Å². The number of hydrogen-bond donors (Lipinski definition) is 1. The molecule has 0 bridgehead atoms. The van der Waals surface area contributed by atoms with E-state index in [0.717, 1.165) is 31.9 Å². The van der Waals surface area contributed by atoms with Gasteiger partial charge in [0.15, 0.2) is 6.10 Å². The van der Waals surface area contributed by atoms with E-state index in [9.17, 15) is 9.90 Å². The Bertz CT molecular complexity index is 648. The molecule has 0 aromatic heterocycles. The molecule has 2 fully saturated rings. The minimum atomic E-state index is -0.580. The van der Waals surface area contributed by atoms with E-state index in [4.69, 9.17) is 14.2 Å². The van der Waals surface area contributed by atoms with Crippen molar-refractivity contribution in [1.82, 2.24) is 9.80 Å². The molecule has 2 aliphatic heterocycles. The van der Waals surface area contributed by atoms with Gasteiger partial charge in [0.05, 0.1) is 26.4 Å². The third-order valence-electron chi connectivity index (χ3n) is 5.55. The van der Waals surface area contributed by atoms with E-state index in [0.29, 0.717) is 26.2 Å². The third kappa shape index (κ3) is 6.05.